The molecule has 2 saturated carbocycles. The van der Waals surface area contributed by atoms with Gasteiger partial charge in [0.2, 0.25) is 5.95 Å². The van der Waals surface area contributed by atoms with Gasteiger partial charge >= 0.3 is 15.6 Å². The van der Waals surface area contributed by atoms with E-state index in [1.165, 1.54) is 30.7 Å². The van der Waals surface area contributed by atoms with Gasteiger partial charge in [-0.2, -0.15) is 4.98 Å². The van der Waals surface area contributed by atoms with Crippen molar-refractivity contribution in [2.75, 3.05) is 31.8 Å². The monoisotopic (exact) mass is 698 g/mol. The molecule has 2 unspecified atom stereocenters. The van der Waals surface area contributed by atoms with Crippen LogP contribution in [-0.4, -0.2) is 105 Å². The number of nitrogens with one attached hydrogen (secondary N) is 1. The number of anilines is 2. The Labute approximate surface area is 262 Å². The molecule has 2 bridgehead atoms. The Bertz CT molecular complexity index is 2060. The van der Waals surface area contributed by atoms with Crippen LogP contribution in [0.1, 0.15) is 18.7 Å². The number of phosphoric ester groups is 2. The van der Waals surface area contributed by atoms with Crippen molar-refractivity contribution in [1.29, 1.82) is 0 Å². The fourth-order valence-corrected chi connectivity index (χ4v) is 9.09. The van der Waals surface area contributed by atoms with E-state index in [4.69, 9.17) is 39.0 Å². The lowest BCUT2D eigenvalue weighted by Gasteiger charge is -2.30. The van der Waals surface area contributed by atoms with Gasteiger partial charge in [0.25, 0.3) is 5.56 Å². The average Bonchev–Trinajstić information content (AvgIpc) is 3.30. The second-order valence-electron chi connectivity index (χ2n) is 11.8. The minimum atomic E-state index is -4.98. The van der Waals surface area contributed by atoms with E-state index in [2.05, 4.69) is 29.9 Å². The van der Waals surface area contributed by atoms with Crippen LogP contribution in [-0.2, 0) is 36.7 Å². The Hall–Kier alpha value is -3.40. The summed E-state index contributed by atoms with van der Waals surface area (Å²) in [5, 5.41) is 11.5. The molecule has 252 valence electrons. The van der Waals surface area contributed by atoms with Gasteiger partial charge in [-0.05, 0) is 12.3 Å². The summed E-state index contributed by atoms with van der Waals surface area (Å²) in [6.07, 6.45) is -3.94. The third kappa shape index (κ3) is 4.83. The molecule has 0 amide bonds. The number of fused-ring (bicyclic) bond motifs is 4. The number of aliphatic hydroxyl groups excluding tert-OH is 1. The first kappa shape index (κ1) is 30.9. The zero-order chi connectivity index (χ0) is 33.0. The lowest BCUT2D eigenvalue weighted by Crippen LogP contribution is -2.38. The maximum atomic E-state index is 13.6. The molecule has 4 aromatic rings. The highest BCUT2D eigenvalue weighted by atomic mass is 31.2. The number of phosphoric acid groups is 2. The molecule has 4 aromatic heterocycles. The number of rotatable bonds is 3. The number of nitrogen functional groups attached to an aromatic ring is 2. The Balaban J connectivity index is 1.15. The van der Waals surface area contributed by atoms with E-state index in [1.54, 1.807) is 4.57 Å². The predicted molar refractivity (Wildman–Crippen MR) is 154 cm³/mol. The van der Waals surface area contributed by atoms with Gasteiger partial charge in [-0.1, -0.05) is 0 Å². The van der Waals surface area contributed by atoms with Crippen LogP contribution in [0.5, 0.6) is 0 Å². The van der Waals surface area contributed by atoms with Gasteiger partial charge in [0.15, 0.2) is 28.9 Å². The molecule has 8 rings (SSSR count). The second-order valence-corrected chi connectivity index (χ2v) is 14.6. The van der Waals surface area contributed by atoms with Crippen LogP contribution in [0.2, 0.25) is 0 Å². The minimum Gasteiger partial charge on any atom is -0.388 e. The number of ether oxygens (including phenoxy) is 2. The molecule has 0 radical (unpaired) electrons. The number of imidazole rings is 2. The third-order valence-corrected chi connectivity index (χ3v) is 11.1. The molecule has 47 heavy (non-hydrogen) atoms. The molecule has 24 heteroatoms. The number of methoxy groups -OCH3 is 1. The standard InChI is InChI=1S/C23H28N10O12P2/c1-40-14-9-3-41-46(36,37)45-16-13(34)12(32-6-28-10-17(24)26-5-27-18(10)32)8-2-23(8,16)4-42-47(38,39)44-15(14)21(43-9)33-7-29-11-19(33)30-22(25)31-20(11)35/h5-9,12-16,21,34H,2-4H2,1H3,(H,36,37)(H,38,39)(H2,24,26,27)(H3,25,30,31,35)/t8-,9-,12-,13+,14-,15-,16+,21-,23+/m1/s1. The minimum absolute atomic E-state index is 0.0418. The molecule has 2 aliphatic heterocycles. The van der Waals surface area contributed by atoms with Crippen molar-refractivity contribution >= 4 is 49.7 Å². The summed E-state index contributed by atoms with van der Waals surface area (Å²) in [5.74, 6) is -0.615. The maximum Gasteiger partial charge on any atom is 0.472 e. The summed E-state index contributed by atoms with van der Waals surface area (Å²) in [7, 11) is -8.68. The Morgan fingerprint density at radius 1 is 1.04 bits per heavy atom. The van der Waals surface area contributed by atoms with Gasteiger partial charge < -0.3 is 40.4 Å². The highest BCUT2D eigenvalue weighted by molar-refractivity contribution is 7.47. The maximum absolute atomic E-state index is 13.6. The molecule has 8 N–H and O–H groups in total. The lowest BCUT2D eigenvalue weighted by molar-refractivity contribution is -0.0678. The topological polar surface area (TPSA) is 309 Å². The van der Waals surface area contributed by atoms with Crippen LogP contribution in [0.4, 0.5) is 11.8 Å². The predicted octanol–water partition coefficient (Wildman–Crippen LogP) is -1.02. The summed E-state index contributed by atoms with van der Waals surface area (Å²) in [6, 6.07) is -0.811. The van der Waals surface area contributed by atoms with E-state index < -0.39 is 88.5 Å². The van der Waals surface area contributed by atoms with Crippen LogP contribution in [0.25, 0.3) is 22.3 Å². The second kappa shape index (κ2) is 10.5. The SMILES string of the molecule is CO[C@H]1[C@H]2OP(=O)(O)OC[C@@]34C[C@@H]3[C@@H](n3cnc5c(N)ncnc53)[C@H](O)[C@@H]4OP(=O)(O)OC[C@H]1O[C@H]2n1cnc2c(=O)[nH]c(N)nc21. The number of H-pyrrole nitrogens is 1. The van der Waals surface area contributed by atoms with E-state index in [-0.39, 0.29) is 34.9 Å². The van der Waals surface area contributed by atoms with Gasteiger partial charge in [-0.25, -0.2) is 29.1 Å². The van der Waals surface area contributed by atoms with E-state index >= 15 is 0 Å². The van der Waals surface area contributed by atoms with Crippen molar-refractivity contribution in [3.8, 4) is 0 Å². The van der Waals surface area contributed by atoms with Crippen molar-refractivity contribution in [2.24, 2.45) is 11.3 Å². The van der Waals surface area contributed by atoms with Gasteiger partial charge in [0.05, 0.1) is 31.9 Å². The number of nitrogens with two attached hydrogens (primary N) is 2. The van der Waals surface area contributed by atoms with Gasteiger partial charge in [-0.3, -0.25) is 32.4 Å². The first-order valence-corrected chi connectivity index (χ1v) is 17.1. The summed E-state index contributed by atoms with van der Waals surface area (Å²) in [6.45, 7) is -1.17. The van der Waals surface area contributed by atoms with Crippen molar-refractivity contribution in [2.45, 2.75) is 49.2 Å². The molecule has 4 aliphatic rings. The smallest absolute Gasteiger partial charge is 0.388 e. The number of nitrogens with zero attached hydrogens (tertiary/aromatic N) is 7. The molecule has 4 fully saturated rings. The number of aromatic amines is 1. The Morgan fingerprint density at radius 3 is 2.57 bits per heavy atom. The van der Waals surface area contributed by atoms with E-state index in [9.17, 15) is 28.8 Å². The first-order chi connectivity index (χ1) is 22.3. The van der Waals surface area contributed by atoms with E-state index in [0.717, 1.165) is 0 Å². The highest BCUT2D eigenvalue weighted by Gasteiger charge is 2.74. The zero-order valence-electron chi connectivity index (χ0n) is 24.2. The van der Waals surface area contributed by atoms with Crippen LogP contribution in [0.3, 0.4) is 0 Å². The average molecular weight is 698 g/mol. The molecule has 6 heterocycles. The third-order valence-electron chi connectivity index (χ3n) is 9.21. The van der Waals surface area contributed by atoms with Crippen molar-refractivity contribution < 1.29 is 51.6 Å². The Morgan fingerprint density at radius 2 is 1.79 bits per heavy atom. The quantitative estimate of drug-likeness (QED) is 0.139. The van der Waals surface area contributed by atoms with Gasteiger partial charge in [0.1, 0.15) is 42.4 Å². The summed E-state index contributed by atoms with van der Waals surface area (Å²) in [5.41, 5.74) is 10.2. The van der Waals surface area contributed by atoms with Crippen LogP contribution in [0, 0.1) is 11.3 Å². The molecule has 22 nitrogen and oxygen atoms in total. The zero-order valence-corrected chi connectivity index (χ0v) is 26.0. The van der Waals surface area contributed by atoms with Crippen molar-refractivity contribution in [1.82, 2.24) is 39.0 Å². The fraction of sp³-hybridized carbons (Fsp3) is 0.565. The molecule has 1 spiro atoms. The van der Waals surface area contributed by atoms with Crippen LogP contribution in [0.15, 0.2) is 23.8 Å². The molecule has 2 saturated heterocycles. The van der Waals surface area contributed by atoms with E-state index in [1.807, 2.05) is 0 Å². The largest absolute Gasteiger partial charge is 0.472 e. The van der Waals surface area contributed by atoms with Gasteiger partial charge in [-0.15, -0.1) is 0 Å². The van der Waals surface area contributed by atoms with Gasteiger partial charge in [0, 0.05) is 12.5 Å². The Kier molecular flexibility index (Phi) is 6.94. The van der Waals surface area contributed by atoms with E-state index in [0.29, 0.717) is 5.65 Å². The molecular weight excluding hydrogens is 670 g/mol. The molecular formula is C23H28N10O12P2. The van der Waals surface area contributed by atoms with Crippen LogP contribution >= 0.6 is 15.6 Å². The molecule has 11 atom stereocenters. The van der Waals surface area contributed by atoms with Crippen molar-refractivity contribution in [3.05, 3.63) is 29.3 Å². The normalized spacial score (nSPS) is 40.4. The number of hydrogen-bond donors (Lipinski definition) is 6. The molecule has 0 aromatic carbocycles. The van der Waals surface area contributed by atoms with Crippen LogP contribution < -0.4 is 17.0 Å². The summed E-state index contributed by atoms with van der Waals surface area (Å²) >= 11 is 0. The lowest BCUT2D eigenvalue weighted by atomic mass is 10.0. The summed E-state index contributed by atoms with van der Waals surface area (Å²) in [4.78, 5) is 57.2. The summed E-state index contributed by atoms with van der Waals surface area (Å²) < 4.78 is 63.5. The number of aromatic nitrogens is 8. The number of hydrogen-bond acceptors (Lipinski definition) is 17. The first-order valence-electron chi connectivity index (χ1n) is 14.2. The molecule has 2 aliphatic carbocycles. The van der Waals surface area contributed by atoms with Crippen molar-refractivity contribution in [3.63, 3.8) is 0 Å². The highest BCUT2D eigenvalue weighted by Crippen LogP contribution is 2.72. The number of aliphatic hydroxyl groups is 1. The fourth-order valence-electron chi connectivity index (χ4n) is 7.08.